The van der Waals surface area contributed by atoms with Crippen LogP contribution in [0.15, 0.2) is 65.3 Å². The Kier molecular flexibility index (Phi) is 6.01. The minimum absolute atomic E-state index is 0.407. The van der Waals surface area contributed by atoms with Gasteiger partial charge in [0.1, 0.15) is 11.9 Å². The highest BCUT2D eigenvalue weighted by atomic mass is 16.5. The fourth-order valence-corrected chi connectivity index (χ4v) is 3.18. The summed E-state index contributed by atoms with van der Waals surface area (Å²) < 4.78 is 21.7. The molecule has 3 rings (SSSR count). The molecule has 0 saturated carbocycles. The van der Waals surface area contributed by atoms with Crippen LogP contribution in [0, 0.1) is 0 Å². The molecule has 146 valence electrons. The molecular weight excluding hydrogens is 360 g/mol. The third-order valence-corrected chi connectivity index (χ3v) is 4.54. The van der Waals surface area contributed by atoms with Gasteiger partial charge in [-0.15, -0.1) is 0 Å². The van der Waals surface area contributed by atoms with Crippen molar-refractivity contribution in [3.05, 3.63) is 77.7 Å². The van der Waals surface area contributed by atoms with E-state index in [0.717, 1.165) is 0 Å². The first kappa shape index (κ1) is 19.5. The lowest BCUT2D eigenvalue weighted by Crippen LogP contribution is -2.29. The van der Waals surface area contributed by atoms with Crippen LogP contribution in [0.4, 0.5) is 0 Å². The van der Waals surface area contributed by atoms with Crippen LogP contribution in [-0.4, -0.2) is 38.3 Å². The van der Waals surface area contributed by atoms with E-state index in [1.54, 1.807) is 48.5 Å². The second-order valence-electron chi connectivity index (χ2n) is 6.13. The Morgan fingerprint density at radius 2 is 1.57 bits per heavy atom. The summed E-state index contributed by atoms with van der Waals surface area (Å²) in [6.45, 7) is 0. The molecule has 1 N–H and O–H groups in total. The van der Waals surface area contributed by atoms with Crippen LogP contribution in [0.5, 0.6) is 17.2 Å². The van der Waals surface area contributed by atoms with Crippen molar-refractivity contribution >= 4 is 5.78 Å². The zero-order valence-corrected chi connectivity index (χ0v) is 15.9. The van der Waals surface area contributed by atoms with E-state index in [9.17, 15) is 9.90 Å². The maximum atomic E-state index is 12.9. The standard InChI is InChI=1S/C22H22O6/c1-25-17-12-15(13-18(26-2)22(17)27-3)19(16-10-7-11-28-16)21(24)20(23)14-8-5-4-6-9-14/h4-13,19,21,24H,1-3H3/t19?,21-/m0/s1. The van der Waals surface area contributed by atoms with Gasteiger partial charge in [-0.2, -0.15) is 0 Å². The molecule has 2 atom stereocenters. The molecule has 0 spiro atoms. The van der Waals surface area contributed by atoms with E-state index in [0.29, 0.717) is 34.1 Å². The van der Waals surface area contributed by atoms with Crippen LogP contribution in [0.1, 0.15) is 27.6 Å². The number of ketones is 1. The largest absolute Gasteiger partial charge is 0.493 e. The zero-order chi connectivity index (χ0) is 20.1. The summed E-state index contributed by atoms with van der Waals surface area (Å²) in [5.41, 5.74) is 1.01. The molecule has 1 aromatic heterocycles. The molecule has 6 heteroatoms. The lowest BCUT2D eigenvalue weighted by molar-refractivity contribution is 0.0700. The molecule has 1 heterocycles. The Balaban J connectivity index is 2.10. The average molecular weight is 382 g/mol. The number of furan rings is 1. The predicted octanol–water partition coefficient (Wildman–Crippen LogP) is 3.68. The van der Waals surface area contributed by atoms with Crippen molar-refractivity contribution in [2.75, 3.05) is 21.3 Å². The topological polar surface area (TPSA) is 78.1 Å². The SMILES string of the molecule is COc1cc(C(c2ccco2)[C@H](O)C(=O)c2ccccc2)cc(OC)c1OC. The van der Waals surface area contributed by atoms with E-state index < -0.39 is 17.8 Å². The Bertz CT molecular complexity index is 892. The Morgan fingerprint density at radius 3 is 2.07 bits per heavy atom. The van der Waals surface area contributed by atoms with Crippen LogP contribution in [0.2, 0.25) is 0 Å². The number of methoxy groups -OCH3 is 3. The number of aliphatic hydroxyl groups is 1. The van der Waals surface area contributed by atoms with Gasteiger partial charge in [-0.3, -0.25) is 4.79 Å². The van der Waals surface area contributed by atoms with E-state index in [2.05, 4.69) is 0 Å². The molecule has 0 amide bonds. The van der Waals surface area contributed by atoms with E-state index in [1.807, 2.05) is 6.07 Å². The number of hydrogen-bond acceptors (Lipinski definition) is 6. The number of carbonyl (C=O) groups excluding carboxylic acids is 1. The average Bonchev–Trinajstić information content (AvgIpc) is 3.27. The van der Waals surface area contributed by atoms with Crippen molar-refractivity contribution < 1.29 is 28.5 Å². The Morgan fingerprint density at radius 1 is 0.929 bits per heavy atom. The van der Waals surface area contributed by atoms with Gasteiger partial charge in [0.2, 0.25) is 5.75 Å². The second-order valence-corrected chi connectivity index (χ2v) is 6.13. The monoisotopic (exact) mass is 382 g/mol. The van der Waals surface area contributed by atoms with Crippen molar-refractivity contribution in [1.29, 1.82) is 0 Å². The van der Waals surface area contributed by atoms with Crippen molar-refractivity contribution in [2.24, 2.45) is 0 Å². The molecule has 1 unspecified atom stereocenters. The van der Waals surface area contributed by atoms with Crippen LogP contribution >= 0.6 is 0 Å². The predicted molar refractivity (Wildman–Crippen MR) is 103 cm³/mol. The molecule has 3 aromatic rings. The highest BCUT2D eigenvalue weighted by Crippen LogP contribution is 2.42. The maximum absolute atomic E-state index is 12.9. The van der Waals surface area contributed by atoms with Crippen molar-refractivity contribution in [3.63, 3.8) is 0 Å². The number of benzene rings is 2. The number of rotatable bonds is 8. The van der Waals surface area contributed by atoms with Gasteiger partial charge in [0, 0.05) is 5.56 Å². The Labute approximate surface area is 163 Å². The second kappa shape index (κ2) is 8.63. The lowest BCUT2D eigenvalue weighted by Gasteiger charge is -2.23. The molecule has 0 bridgehead atoms. The minimum Gasteiger partial charge on any atom is -0.493 e. The highest BCUT2D eigenvalue weighted by Gasteiger charge is 2.33. The van der Waals surface area contributed by atoms with Gasteiger partial charge < -0.3 is 23.7 Å². The Hall–Kier alpha value is -3.25. The van der Waals surface area contributed by atoms with Gasteiger partial charge in [0.25, 0.3) is 0 Å². The van der Waals surface area contributed by atoms with Crippen LogP contribution in [0.3, 0.4) is 0 Å². The van der Waals surface area contributed by atoms with Crippen LogP contribution in [-0.2, 0) is 0 Å². The van der Waals surface area contributed by atoms with Crippen molar-refractivity contribution in [1.82, 2.24) is 0 Å². The summed E-state index contributed by atoms with van der Waals surface area (Å²) in [7, 11) is 4.53. The molecule has 6 nitrogen and oxygen atoms in total. The zero-order valence-electron chi connectivity index (χ0n) is 15.9. The van der Waals surface area contributed by atoms with Gasteiger partial charge in [-0.1, -0.05) is 30.3 Å². The molecule has 0 aliphatic rings. The first-order valence-electron chi connectivity index (χ1n) is 8.71. The number of aliphatic hydroxyl groups excluding tert-OH is 1. The van der Waals surface area contributed by atoms with Gasteiger partial charge in [-0.25, -0.2) is 0 Å². The summed E-state index contributed by atoms with van der Waals surface area (Å²) in [5, 5.41) is 11.0. The summed E-state index contributed by atoms with van der Waals surface area (Å²) in [6.07, 6.45) is 0.136. The fraction of sp³-hybridized carbons (Fsp3) is 0.227. The summed E-state index contributed by atoms with van der Waals surface area (Å²) in [5.74, 6) is 0.564. The number of ether oxygens (including phenoxy) is 3. The summed E-state index contributed by atoms with van der Waals surface area (Å²) in [4.78, 5) is 12.9. The van der Waals surface area contributed by atoms with E-state index >= 15 is 0 Å². The third-order valence-electron chi connectivity index (χ3n) is 4.54. The van der Waals surface area contributed by atoms with E-state index in [-0.39, 0.29) is 0 Å². The van der Waals surface area contributed by atoms with Gasteiger partial charge in [-0.05, 0) is 29.8 Å². The number of Topliss-reactive ketones (excluding diaryl/α,β-unsaturated/α-hetero) is 1. The molecule has 0 aliphatic carbocycles. The van der Waals surface area contributed by atoms with E-state index in [1.165, 1.54) is 27.6 Å². The number of carbonyl (C=O) groups is 1. The molecule has 2 aromatic carbocycles. The van der Waals surface area contributed by atoms with Gasteiger partial charge >= 0.3 is 0 Å². The maximum Gasteiger partial charge on any atom is 0.203 e. The minimum atomic E-state index is -1.36. The normalized spacial score (nSPS) is 12.9. The molecule has 28 heavy (non-hydrogen) atoms. The first-order valence-corrected chi connectivity index (χ1v) is 8.71. The highest BCUT2D eigenvalue weighted by molar-refractivity contribution is 6.00. The summed E-state index contributed by atoms with van der Waals surface area (Å²) >= 11 is 0. The lowest BCUT2D eigenvalue weighted by atomic mass is 9.86. The molecule has 0 radical (unpaired) electrons. The summed E-state index contributed by atoms with van der Waals surface area (Å²) in [6, 6.07) is 15.5. The van der Waals surface area contributed by atoms with Crippen molar-refractivity contribution in [3.8, 4) is 17.2 Å². The molecule has 0 saturated heterocycles. The first-order chi connectivity index (χ1) is 13.6. The molecule has 0 fully saturated rings. The van der Waals surface area contributed by atoms with E-state index in [4.69, 9.17) is 18.6 Å². The van der Waals surface area contributed by atoms with Crippen LogP contribution in [0.25, 0.3) is 0 Å². The van der Waals surface area contributed by atoms with Crippen molar-refractivity contribution in [2.45, 2.75) is 12.0 Å². The quantitative estimate of drug-likeness (QED) is 0.599. The third kappa shape index (κ3) is 3.73. The van der Waals surface area contributed by atoms with Crippen LogP contribution < -0.4 is 14.2 Å². The number of hydrogen-bond donors (Lipinski definition) is 1. The smallest absolute Gasteiger partial charge is 0.203 e. The molecule has 0 aliphatic heterocycles. The van der Waals surface area contributed by atoms with Gasteiger partial charge in [0.15, 0.2) is 17.3 Å². The van der Waals surface area contributed by atoms with Gasteiger partial charge in [0.05, 0.1) is 33.5 Å². The fourth-order valence-electron chi connectivity index (χ4n) is 3.18. The molecular formula is C22H22O6.